The fraction of sp³-hybridized carbons (Fsp3) is 0.571. The summed E-state index contributed by atoms with van der Waals surface area (Å²) in [6, 6.07) is 9.37. The first-order valence-corrected chi connectivity index (χ1v) is 6.38. The van der Waals surface area contributed by atoms with Gasteiger partial charge < -0.3 is 15.4 Å². The number of para-hydroxylation sites is 1. The van der Waals surface area contributed by atoms with Gasteiger partial charge in [0.15, 0.2) is 0 Å². The summed E-state index contributed by atoms with van der Waals surface area (Å²) in [5.41, 5.74) is 8.31. The third-order valence-electron chi connectivity index (χ3n) is 3.35. The lowest BCUT2D eigenvalue weighted by molar-refractivity contribution is 0.192. The molecule has 0 aliphatic carbocycles. The van der Waals surface area contributed by atoms with Crippen molar-refractivity contribution < 1.29 is 4.74 Å². The summed E-state index contributed by atoms with van der Waals surface area (Å²) >= 11 is 0. The third kappa shape index (κ3) is 2.61. The lowest BCUT2D eigenvalue weighted by atomic mass is 10.1. The predicted octanol–water partition coefficient (Wildman–Crippen LogP) is 2.15. The number of anilines is 1. The quantitative estimate of drug-likeness (QED) is 0.867. The number of hydrogen-bond acceptors (Lipinski definition) is 3. The maximum atomic E-state index is 5.83. The van der Waals surface area contributed by atoms with Gasteiger partial charge in [0.05, 0.1) is 12.6 Å². The predicted molar refractivity (Wildman–Crippen MR) is 71.2 cm³/mol. The lowest BCUT2D eigenvalue weighted by Crippen LogP contribution is -2.41. The number of nitrogens with zero attached hydrogens (tertiary/aromatic N) is 1. The van der Waals surface area contributed by atoms with Crippen molar-refractivity contribution in [3.63, 3.8) is 0 Å². The fourth-order valence-corrected chi connectivity index (χ4v) is 2.57. The van der Waals surface area contributed by atoms with E-state index < -0.39 is 0 Å². The van der Waals surface area contributed by atoms with Crippen LogP contribution in [0.1, 0.15) is 25.8 Å². The standard InChI is InChI=1S/C14H22N2O/c1-11(2)16(13-7-8-17-10-13)14-6-4-3-5-12(14)9-15/h3-6,11,13H,7-10,15H2,1-2H3. The summed E-state index contributed by atoms with van der Waals surface area (Å²) in [4.78, 5) is 2.45. The number of rotatable bonds is 4. The van der Waals surface area contributed by atoms with Crippen molar-refractivity contribution in [1.29, 1.82) is 0 Å². The highest BCUT2D eigenvalue weighted by Crippen LogP contribution is 2.27. The van der Waals surface area contributed by atoms with Crippen molar-refractivity contribution in [2.24, 2.45) is 5.73 Å². The van der Waals surface area contributed by atoms with E-state index in [2.05, 4.69) is 43.0 Å². The largest absolute Gasteiger partial charge is 0.379 e. The zero-order valence-electron chi connectivity index (χ0n) is 10.7. The van der Waals surface area contributed by atoms with Gasteiger partial charge in [-0.2, -0.15) is 0 Å². The van der Waals surface area contributed by atoms with Crippen molar-refractivity contribution in [2.45, 2.75) is 38.9 Å². The van der Waals surface area contributed by atoms with Gasteiger partial charge in [0.1, 0.15) is 0 Å². The van der Waals surface area contributed by atoms with Gasteiger partial charge in [-0.1, -0.05) is 18.2 Å². The monoisotopic (exact) mass is 234 g/mol. The van der Waals surface area contributed by atoms with E-state index in [1.165, 1.54) is 11.3 Å². The molecule has 1 atom stereocenters. The first-order valence-electron chi connectivity index (χ1n) is 6.38. The van der Waals surface area contributed by atoms with Crippen LogP contribution in [0.3, 0.4) is 0 Å². The molecule has 3 nitrogen and oxygen atoms in total. The zero-order chi connectivity index (χ0) is 12.3. The van der Waals surface area contributed by atoms with E-state index in [-0.39, 0.29) is 0 Å². The lowest BCUT2D eigenvalue weighted by Gasteiger charge is -2.35. The molecule has 0 aromatic heterocycles. The number of nitrogens with two attached hydrogens (primary N) is 1. The Bertz CT molecular complexity index is 359. The Morgan fingerprint density at radius 3 is 2.76 bits per heavy atom. The number of ether oxygens (including phenoxy) is 1. The van der Waals surface area contributed by atoms with E-state index in [1.807, 2.05) is 0 Å². The minimum Gasteiger partial charge on any atom is -0.379 e. The molecule has 0 spiro atoms. The highest BCUT2D eigenvalue weighted by Gasteiger charge is 2.26. The molecule has 3 heteroatoms. The second kappa shape index (κ2) is 5.52. The van der Waals surface area contributed by atoms with Crippen LogP contribution in [0, 0.1) is 0 Å². The molecule has 94 valence electrons. The Hall–Kier alpha value is -1.06. The molecule has 1 heterocycles. The Morgan fingerprint density at radius 1 is 1.41 bits per heavy atom. The zero-order valence-corrected chi connectivity index (χ0v) is 10.7. The smallest absolute Gasteiger partial charge is 0.0670 e. The molecular formula is C14H22N2O. The highest BCUT2D eigenvalue weighted by atomic mass is 16.5. The Morgan fingerprint density at radius 2 is 2.18 bits per heavy atom. The van der Waals surface area contributed by atoms with Crippen molar-refractivity contribution in [1.82, 2.24) is 0 Å². The highest BCUT2D eigenvalue weighted by molar-refractivity contribution is 5.55. The van der Waals surface area contributed by atoms with E-state index in [4.69, 9.17) is 10.5 Å². The van der Waals surface area contributed by atoms with Crippen LogP contribution < -0.4 is 10.6 Å². The van der Waals surface area contributed by atoms with E-state index in [0.29, 0.717) is 18.6 Å². The van der Waals surface area contributed by atoms with Crippen LogP contribution in [-0.4, -0.2) is 25.3 Å². The average Bonchev–Trinajstić information content (AvgIpc) is 2.83. The minimum absolute atomic E-state index is 0.467. The van der Waals surface area contributed by atoms with Crippen LogP contribution in [0.5, 0.6) is 0 Å². The summed E-state index contributed by atoms with van der Waals surface area (Å²) in [5.74, 6) is 0. The summed E-state index contributed by atoms with van der Waals surface area (Å²) in [5, 5.41) is 0. The Kier molecular flexibility index (Phi) is 4.02. The van der Waals surface area contributed by atoms with Gasteiger partial charge in [0.25, 0.3) is 0 Å². The van der Waals surface area contributed by atoms with Gasteiger partial charge >= 0.3 is 0 Å². The number of benzene rings is 1. The molecule has 0 bridgehead atoms. The van der Waals surface area contributed by atoms with E-state index >= 15 is 0 Å². The molecule has 2 N–H and O–H groups in total. The van der Waals surface area contributed by atoms with E-state index in [0.717, 1.165) is 19.6 Å². The van der Waals surface area contributed by atoms with Crippen molar-refractivity contribution in [2.75, 3.05) is 18.1 Å². The minimum atomic E-state index is 0.467. The molecule has 1 fully saturated rings. The van der Waals surface area contributed by atoms with Gasteiger partial charge in [-0.05, 0) is 31.9 Å². The third-order valence-corrected chi connectivity index (χ3v) is 3.35. The van der Waals surface area contributed by atoms with Crippen molar-refractivity contribution >= 4 is 5.69 Å². The molecule has 1 aromatic carbocycles. The Labute approximate surface area is 104 Å². The fourth-order valence-electron chi connectivity index (χ4n) is 2.57. The van der Waals surface area contributed by atoms with Crippen LogP contribution >= 0.6 is 0 Å². The van der Waals surface area contributed by atoms with Crippen molar-refractivity contribution in [3.8, 4) is 0 Å². The average molecular weight is 234 g/mol. The summed E-state index contributed by atoms with van der Waals surface area (Å²) in [6.45, 7) is 6.75. The van der Waals surface area contributed by atoms with Gasteiger partial charge in [-0.25, -0.2) is 0 Å². The van der Waals surface area contributed by atoms with E-state index in [9.17, 15) is 0 Å². The SMILES string of the molecule is CC(C)N(c1ccccc1CN)C1CCOC1. The molecule has 1 aromatic rings. The molecule has 0 saturated carbocycles. The second-order valence-electron chi connectivity index (χ2n) is 4.85. The first-order chi connectivity index (χ1) is 8.24. The maximum absolute atomic E-state index is 5.83. The van der Waals surface area contributed by atoms with Gasteiger partial charge in [0.2, 0.25) is 0 Å². The van der Waals surface area contributed by atoms with Crippen molar-refractivity contribution in [3.05, 3.63) is 29.8 Å². The molecule has 1 saturated heterocycles. The van der Waals surface area contributed by atoms with E-state index in [1.54, 1.807) is 0 Å². The maximum Gasteiger partial charge on any atom is 0.0670 e. The molecule has 1 aliphatic rings. The van der Waals surface area contributed by atoms with Crippen LogP contribution in [0.4, 0.5) is 5.69 Å². The molecule has 0 radical (unpaired) electrons. The molecule has 17 heavy (non-hydrogen) atoms. The Balaban J connectivity index is 2.31. The molecule has 0 amide bonds. The van der Waals surface area contributed by atoms with Crippen LogP contribution in [0.2, 0.25) is 0 Å². The van der Waals surface area contributed by atoms with Crippen LogP contribution in [0.25, 0.3) is 0 Å². The van der Waals surface area contributed by atoms with Crippen LogP contribution in [0.15, 0.2) is 24.3 Å². The number of hydrogen-bond donors (Lipinski definition) is 1. The first kappa shape index (κ1) is 12.4. The molecular weight excluding hydrogens is 212 g/mol. The molecule has 2 rings (SSSR count). The summed E-state index contributed by atoms with van der Waals surface area (Å²) in [6.07, 6.45) is 1.11. The summed E-state index contributed by atoms with van der Waals surface area (Å²) in [7, 11) is 0. The van der Waals surface area contributed by atoms with Gasteiger partial charge in [-0.15, -0.1) is 0 Å². The van der Waals surface area contributed by atoms with Gasteiger partial charge in [0, 0.05) is 24.9 Å². The molecule has 1 unspecified atom stereocenters. The normalized spacial score (nSPS) is 19.9. The second-order valence-corrected chi connectivity index (χ2v) is 4.85. The van der Waals surface area contributed by atoms with Crippen LogP contribution in [-0.2, 0) is 11.3 Å². The van der Waals surface area contributed by atoms with Gasteiger partial charge in [-0.3, -0.25) is 0 Å². The molecule has 1 aliphatic heterocycles. The topological polar surface area (TPSA) is 38.5 Å². The summed E-state index contributed by atoms with van der Waals surface area (Å²) < 4.78 is 5.51.